The Morgan fingerprint density at radius 1 is 1.23 bits per heavy atom. The van der Waals surface area contributed by atoms with Crippen LogP contribution in [0.2, 0.25) is 0 Å². The first-order chi connectivity index (χ1) is 10.5. The number of sulfone groups is 1. The molecule has 2 rings (SSSR count). The van der Waals surface area contributed by atoms with E-state index in [-0.39, 0.29) is 11.2 Å². The monoisotopic (exact) mass is 323 g/mol. The first kappa shape index (κ1) is 16.8. The zero-order valence-electron chi connectivity index (χ0n) is 13.3. The lowest BCUT2D eigenvalue weighted by atomic mass is 9.96. The van der Waals surface area contributed by atoms with Crippen LogP contribution < -0.4 is 10.6 Å². The van der Waals surface area contributed by atoms with Gasteiger partial charge in [0.25, 0.3) is 0 Å². The van der Waals surface area contributed by atoms with Crippen molar-refractivity contribution in [2.75, 3.05) is 32.1 Å². The van der Waals surface area contributed by atoms with Crippen LogP contribution in [0.4, 0.5) is 0 Å². The van der Waals surface area contributed by atoms with Crippen LogP contribution in [0.5, 0.6) is 0 Å². The van der Waals surface area contributed by atoms with Gasteiger partial charge in [-0.2, -0.15) is 0 Å². The van der Waals surface area contributed by atoms with Crippen molar-refractivity contribution < 1.29 is 8.42 Å². The Morgan fingerprint density at radius 2 is 1.91 bits per heavy atom. The normalized spacial score (nSPS) is 17.1. The minimum Gasteiger partial charge on any atom is -0.356 e. The summed E-state index contributed by atoms with van der Waals surface area (Å²) in [4.78, 5) is 4.19. The van der Waals surface area contributed by atoms with Crippen molar-refractivity contribution >= 4 is 15.8 Å². The number of guanidine groups is 1. The lowest BCUT2D eigenvalue weighted by Gasteiger charge is -2.19. The average Bonchev–Trinajstić information content (AvgIpc) is 3.28. The maximum absolute atomic E-state index is 11.1. The van der Waals surface area contributed by atoms with Gasteiger partial charge in [-0.25, -0.2) is 8.42 Å². The first-order valence-corrected chi connectivity index (χ1v) is 9.69. The highest BCUT2D eigenvalue weighted by molar-refractivity contribution is 7.90. The number of benzene rings is 1. The molecule has 2 N–H and O–H groups in total. The zero-order chi connectivity index (χ0) is 16.1. The largest absolute Gasteiger partial charge is 0.356 e. The summed E-state index contributed by atoms with van der Waals surface area (Å²) in [5.41, 5.74) is 1.60. The highest BCUT2D eigenvalue weighted by atomic mass is 32.2. The fourth-order valence-electron chi connectivity index (χ4n) is 2.52. The predicted octanol–water partition coefficient (Wildman–Crippen LogP) is 1.32. The minimum atomic E-state index is -2.89. The molecule has 5 nitrogen and oxygen atoms in total. The number of aliphatic imine (C=N–C) groups is 1. The number of hydrogen-bond donors (Lipinski definition) is 2. The lowest BCUT2D eigenvalue weighted by Crippen LogP contribution is -2.41. The van der Waals surface area contributed by atoms with Crippen molar-refractivity contribution in [3.8, 4) is 0 Å². The lowest BCUT2D eigenvalue weighted by molar-refractivity contribution is 0.598. The highest BCUT2D eigenvalue weighted by Gasteiger charge is 2.43. The molecule has 1 saturated carbocycles. The zero-order valence-corrected chi connectivity index (χ0v) is 14.1. The number of nitrogens with one attached hydrogen (secondary N) is 2. The predicted molar refractivity (Wildman–Crippen MR) is 91.0 cm³/mol. The van der Waals surface area contributed by atoms with Gasteiger partial charge in [0.1, 0.15) is 9.84 Å². The Labute approximate surface area is 133 Å². The molecular formula is C16H25N3O2S. The van der Waals surface area contributed by atoms with E-state index < -0.39 is 9.84 Å². The van der Waals surface area contributed by atoms with Gasteiger partial charge in [-0.15, -0.1) is 0 Å². The van der Waals surface area contributed by atoms with Crippen LogP contribution in [0.25, 0.3) is 0 Å². The van der Waals surface area contributed by atoms with E-state index in [9.17, 15) is 8.42 Å². The third-order valence-corrected chi connectivity index (χ3v) is 5.07. The van der Waals surface area contributed by atoms with Crippen LogP contribution >= 0.6 is 0 Å². The summed E-state index contributed by atoms with van der Waals surface area (Å²) in [6.45, 7) is 1.45. The number of nitrogens with zero attached hydrogens (tertiary/aromatic N) is 1. The van der Waals surface area contributed by atoms with Gasteiger partial charge in [0.05, 0.1) is 5.75 Å². The third kappa shape index (κ3) is 5.02. The third-order valence-electron chi connectivity index (χ3n) is 4.04. The molecule has 1 fully saturated rings. The molecule has 0 atom stereocenters. The van der Waals surface area contributed by atoms with Gasteiger partial charge in [-0.1, -0.05) is 30.3 Å². The summed E-state index contributed by atoms with van der Waals surface area (Å²) in [7, 11) is -1.16. The molecule has 0 radical (unpaired) electrons. The fourth-order valence-corrected chi connectivity index (χ4v) is 3.19. The van der Waals surface area contributed by atoms with E-state index in [0.29, 0.717) is 13.0 Å². The molecule has 0 aromatic heterocycles. The second kappa shape index (κ2) is 7.13. The standard InChI is InChI=1S/C16H25N3O2S/c1-17-15(18-11-6-12-22(2,20)21)19-13-16(9-10-16)14-7-4-3-5-8-14/h3-5,7-8H,6,9-13H2,1-2H3,(H2,17,18,19). The highest BCUT2D eigenvalue weighted by Crippen LogP contribution is 2.47. The van der Waals surface area contributed by atoms with E-state index >= 15 is 0 Å². The molecular weight excluding hydrogens is 298 g/mol. The Kier molecular flexibility index (Phi) is 5.45. The van der Waals surface area contributed by atoms with Crippen molar-refractivity contribution in [2.24, 2.45) is 4.99 Å². The van der Waals surface area contributed by atoms with Gasteiger partial charge in [-0.3, -0.25) is 4.99 Å². The van der Waals surface area contributed by atoms with Crippen LogP contribution in [0.15, 0.2) is 35.3 Å². The van der Waals surface area contributed by atoms with Gasteiger partial charge in [0.2, 0.25) is 0 Å². The molecule has 1 aromatic rings. The summed E-state index contributed by atoms with van der Waals surface area (Å²) in [6, 6.07) is 10.5. The maximum atomic E-state index is 11.1. The molecule has 0 unspecified atom stereocenters. The SMILES string of the molecule is CN=C(NCCCS(C)(=O)=O)NCC1(c2ccccc2)CC1. The average molecular weight is 323 g/mol. The molecule has 1 aliphatic rings. The van der Waals surface area contributed by atoms with Crippen molar-refractivity contribution in [2.45, 2.75) is 24.7 Å². The van der Waals surface area contributed by atoms with Crippen LogP contribution in [-0.4, -0.2) is 46.5 Å². The smallest absolute Gasteiger partial charge is 0.191 e. The molecule has 0 amide bonds. The Bertz CT molecular complexity index is 608. The van der Waals surface area contributed by atoms with Gasteiger partial charge >= 0.3 is 0 Å². The van der Waals surface area contributed by atoms with Crippen molar-refractivity contribution in [1.29, 1.82) is 0 Å². The fraction of sp³-hybridized carbons (Fsp3) is 0.562. The van der Waals surface area contributed by atoms with E-state index in [1.807, 2.05) is 6.07 Å². The molecule has 0 spiro atoms. The van der Waals surface area contributed by atoms with E-state index in [1.165, 1.54) is 24.7 Å². The summed E-state index contributed by atoms with van der Waals surface area (Å²) < 4.78 is 22.2. The number of hydrogen-bond acceptors (Lipinski definition) is 3. The maximum Gasteiger partial charge on any atom is 0.191 e. The minimum absolute atomic E-state index is 0.199. The van der Waals surface area contributed by atoms with Crippen LogP contribution in [0.1, 0.15) is 24.8 Å². The van der Waals surface area contributed by atoms with E-state index in [2.05, 4.69) is 39.9 Å². The molecule has 1 aliphatic carbocycles. The van der Waals surface area contributed by atoms with Gasteiger partial charge in [0.15, 0.2) is 5.96 Å². The van der Waals surface area contributed by atoms with Crippen LogP contribution in [-0.2, 0) is 15.3 Å². The molecule has 6 heteroatoms. The summed E-state index contributed by atoms with van der Waals surface area (Å²) in [5, 5.41) is 6.53. The van der Waals surface area contributed by atoms with E-state index in [0.717, 1.165) is 12.5 Å². The molecule has 0 bridgehead atoms. The summed E-state index contributed by atoms with van der Waals surface area (Å²) in [6.07, 6.45) is 4.23. The van der Waals surface area contributed by atoms with E-state index in [4.69, 9.17) is 0 Å². The van der Waals surface area contributed by atoms with Crippen LogP contribution in [0, 0.1) is 0 Å². The van der Waals surface area contributed by atoms with Crippen molar-refractivity contribution in [1.82, 2.24) is 10.6 Å². The molecule has 22 heavy (non-hydrogen) atoms. The van der Waals surface area contributed by atoms with Gasteiger partial charge in [-0.05, 0) is 24.8 Å². The van der Waals surface area contributed by atoms with E-state index in [1.54, 1.807) is 7.05 Å². The Morgan fingerprint density at radius 3 is 2.45 bits per heavy atom. The quantitative estimate of drug-likeness (QED) is 0.451. The summed E-state index contributed by atoms with van der Waals surface area (Å²) in [5.74, 6) is 0.931. The second-order valence-electron chi connectivity index (χ2n) is 5.98. The Hall–Kier alpha value is -1.56. The summed E-state index contributed by atoms with van der Waals surface area (Å²) >= 11 is 0. The molecule has 1 aromatic carbocycles. The van der Waals surface area contributed by atoms with Crippen molar-refractivity contribution in [3.05, 3.63) is 35.9 Å². The molecule has 122 valence electrons. The molecule has 0 heterocycles. The second-order valence-corrected chi connectivity index (χ2v) is 8.24. The van der Waals surface area contributed by atoms with Gasteiger partial charge in [0, 0.05) is 31.8 Å². The van der Waals surface area contributed by atoms with Crippen molar-refractivity contribution in [3.63, 3.8) is 0 Å². The number of rotatable bonds is 7. The first-order valence-electron chi connectivity index (χ1n) is 7.63. The topological polar surface area (TPSA) is 70.6 Å². The molecule has 0 saturated heterocycles. The van der Waals surface area contributed by atoms with Gasteiger partial charge < -0.3 is 10.6 Å². The van der Waals surface area contributed by atoms with Crippen LogP contribution in [0.3, 0.4) is 0 Å². The molecule has 0 aliphatic heterocycles. The Balaban J connectivity index is 1.78.